The molecule has 76 valence electrons. The Labute approximate surface area is 87.8 Å². The van der Waals surface area contributed by atoms with Crippen molar-refractivity contribution in [2.45, 2.75) is 18.8 Å². The number of hydrogen-bond donors (Lipinski definition) is 1. The molecule has 15 heavy (non-hydrogen) atoms. The van der Waals surface area contributed by atoms with Crippen LogP contribution in [0.15, 0.2) is 30.9 Å². The Hall–Kier alpha value is -1.84. The van der Waals surface area contributed by atoms with Crippen molar-refractivity contribution in [3.63, 3.8) is 0 Å². The number of nitrogen functional groups attached to an aromatic ring is 1. The molecule has 0 atom stereocenters. The second kappa shape index (κ2) is 3.08. The predicted molar refractivity (Wildman–Crippen MR) is 57.7 cm³/mol. The molecule has 1 aliphatic rings. The first-order valence-corrected chi connectivity index (χ1v) is 5.09. The van der Waals surface area contributed by atoms with Gasteiger partial charge in [0.15, 0.2) is 0 Å². The standard InChI is InChI=1S/C11H12N4/c12-9-7-13-4-3-10(9)15-6-5-14-11(15)8-1-2-8/h3-8H,1-2,12H2. The van der Waals surface area contributed by atoms with Gasteiger partial charge in [-0.2, -0.15) is 0 Å². The summed E-state index contributed by atoms with van der Waals surface area (Å²) in [6.45, 7) is 0. The summed E-state index contributed by atoms with van der Waals surface area (Å²) in [4.78, 5) is 8.37. The lowest BCUT2D eigenvalue weighted by atomic mass is 10.3. The number of hydrogen-bond acceptors (Lipinski definition) is 3. The summed E-state index contributed by atoms with van der Waals surface area (Å²) >= 11 is 0. The van der Waals surface area contributed by atoms with Gasteiger partial charge in [-0.25, -0.2) is 4.98 Å². The van der Waals surface area contributed by atoms with Crippen molar-refractivity contribution in [1.82, 2.24) is 14.5 Å². The molecule has 0 radical (unpaired) electrons. The maximum Gasteiger partial charge on any atom is 0.116 e. The van der Waals surface area contributed by atoms with Gasteiger partial charge in [-0.1, -0.05) is 0 Å². The molecule has 1 fully saturated rings. The minimum absolute atomic E-state index is 0.618. The highest BCUT2D eigenvalue weighted by molar-refractivity contribution is 5.56. The molecule has 2 aromatic rings. The van der Waals surface area contributed by atoms with Gasteiger partial charge in [0.05, 0.1) is 17.6 Å². The second-order valence-corrected chi connectivity index (χ2v) is 3.86. The Kier molecular flexibility index (Phi) is 1.74. The zero-order valence-electron chi connectivity index (χ0n) is 8.30. The average molecular weight is 200 g/mol. The van der Waals surface area contributed by atoms with Crippen LogP contribution in [0.2, 0.25) is 0 Å². The lowest BCUT2D eigenvalue weighted by molar-refractivity contribution is 0.880. The monoisotopic (exact) mass is 200 g/mol. The Morgan fingerprint density at radius 3 is 2.93 bits per heavy atom. The van der Waals surface area contributed by atoms with E-state index in [1.165, 1.54) is 12.8 Å². The van der Waals surface area contributed by atoms with E-state index in [0.717, 1.165) is 11.5 Å². The molecule has 0 bridgehead atoms. The first-order valence-electron chi connectivity index (χ1n) is 5.09. The highest BCUT2D eigenvalue weighted by Gasteiger charge is 2.28. The average Bonchev–Trinajstić information content (AvgIpc) is 2.98. The highest BCUT2D eigenvalue weighted by atomic mass is 15.1. The molecule has 2 N–H and O–H groups in total. The quantitative estimate of drug-likeness (QED) is 0.803. The molecule has 4 heteroatoms. The Bertz CT molecular complexity index is 485. The summed E-state index contributed by atoms with van der Waals surface area (Å²) in [6.07, 6.45) is 9.69. The van der Waals surface area contributed by atoms with Crippen LogP contribution >= 0.6 is 0 Å². The van der Waals surface area contributed by atoms with Crippen molar-refractivity contribution in [1.29, 1.82) is 0 Å². The topological polar surface area (TPSA) is 56.7 Å². The molecule has 1 aliphatic carbocycles. The molecular formula is C11H12N4. The van der Waals surface area contributed by atoms with Gasteiger partial charge in [-0.3, -0.25) is 4.98 Å². The van der Waals surface area contributed by atoms with Gasteiger partial charge >= 0.3 is 0 Å². The van der Waals surface area contributed by atoms with E-state index in [4.69, 9.17) is 5.73 Å². The van der Waals surface area contributed by atoms with E-state index < -0.39 is 0 Å². The maximum absolute atomic E-state index is 5.89. The summed E-state index contributed by atoms with van der Waals surface area (Å²) in [5, 5.41) is 0. The summed E-state index contributed by atoms with van der Waals surface area (Å²) in [6, 6.07) is 1.92. The molecular weight excluding hydrogens is 188 g/mol. The smallest absolute Gasteiger partial charge is 0.116 e. The molecule has 0 spiro atoms. The van der Waals surface area contributed by atoms with Crippen LogP contribution in [-0.4, -0.2) is 14.5 Å². The van der Waals surface area contributed by atoms with Gasteiger partial charge in [-0.05, 0) is 18.9 Å². The van der Waals surface area contributed by atoms with Crippen LogP contribution in [0.3, 0.4) is 0 Å². The Balaban J connectivity index is 2.12. The third-order valence-electron chi connectivity index (χ3n) is 2.70. The number of nitrogens with two attached hydrogens (primary N) is 1. The molecule has 0 aromatic carbocycles. The number of rotatable bonds is 2. The van der Waals surface area contributed by atoms with Crippen molar-refractivity contribution in [2.24, 2.45) is 0 Å². The summed E-state index contributed by atoms with van der Waals surface area (Å²) in [5.74, 6) is 1.74. The van der Waals surface area contributed by atoms with E-state index >= 15 is 0 Å². The van der Waals surface area contributed by atoms with E-state index in [2.05, 4.69) is 14.5 Å². The second-order valence-electron chi connectivity index (χ2n) is 3.86. The molecule has 2 heterocycles. The fourth-order valence-electron chi connectivity index (χ4n) is 1.78. The van der Waals surface area contributed by atoms with Gasteiger partial charge in [0, 0.05) is 24.5 Å². The third kappa shape index (κ3) is 1.38. The van der Waals surface area contributed by atoms with Gasteiger partial charge in [-0.15, -0.1) is 0 Å². The van der Waals surface area contributed by atoms with Crippen LogP contribution in [0.4, 0.5) is 5.69 Å². The Morgan fingerprint density at radius 1 is 1.33 bits per heavy atom. The van der Waals surface area contributed by atoms with E-state index in [-0.39, 0.29) is 0 Å². The van der Waals surface area contributed by atoms with Gasteiger partial charge in [0.2, 0.25) is 0 Å². The van der Waals surface area contributed by atoms with E-state index in [9.17, 15) is 0 Å². The SMILES string of the molecule is Nc1cnccc1-n1ccnc1C1CC1. The summed E-state index contributed by atoms with van der Waals surface area (Å²) in [7, 11) is 0. The van der Waals surface area contributed by atoms with E-state index in [0.29, 0.717) is 11.6 Å². The number of anilines is 1. The molecule has 2 aromatic heterocycles. The fourth-order valence-corrected chi connectivity index (χ4v) is 1.78. The maximum atomic E-state index is 5.89. The zero-order valence-corrected chi connectivity index (χ0v) is 8.30. The minimum atomic E-state index is 0.618. The predicted octanol–water partition coefficient (Wildman–Crippen LogP) is 1.73. The number of imidazole rings is 1. The van der Waals surface area contributed by atoms with Gasteiger partial charge in [0.1, 0.15) is 5.82 Å². The lowest BCUT2D eigenvalue weighted by Gasteiger charge is -2.08. The van der Waals surface area contributed by atoms with Crippen molar-refractivity contribution in [3.8, 4) is 5.69 Å². The molecule has 0 amide bonds. The van der Waals surface area contributed by atoms with Crippen LogP contribution in [0.5, 0.6) is 0 Å². The highest BCUT2D eigenvalue weighted by Crippen LogP contribution is 2.40. The van der Waals surface area contributed by atoms with E-state index in [1.807, 2.05) is 18.5 Å². The summed E-state index contributed by atoms with van der Waals surface area (Å²) < 4.78 is 2.06. The lowest BCUT2D eigenvalue weighted by Crippen LogP contribution is -2.02. The van der Waals surface area contributed by atoms with Crippen molar-refractivity contribution in [3.05, 3.63) is 36.7 Å². The van der Waals surface area contributed by atoms with Crippen molar-refractivity contribution >= 4 is 5.69 Å². The first-order chi connectivity index (χ1) is 7.36. The van der Waals surface area contributed by atoms with Crippen LogP contribution < -0.4 is 5.73 Å². The molecule has 4 nitrogen and oxygen atoms in total. The number of pyridine rings is 1. The molecule has 1 saturated carbocycles. The molecule has 0 aliphatic heterocycles. The van der Waals surface area contributed by atoms with Crippen LogP contribution in [0.1, 0.15) is 24.6 Å². The number of aromatic nitrogens is 3. The normalized spacial score (nSPS) is 15.5. The van der Waals surface area contributed by atoms with Crippen molar-refractivity contribution in [2.75, 3.05) is 5.73 Å². The summed E-state index contributed by atoms with van der Waals surface area (Å²) in [5.41, 5.74) is 7.56. The van der Waals surface area contributed by atoms with Crippen LogP contribution in [0.25, 0.3) is 5.69 Å². The Morgan fingerprint density at radius 2 is 2.20 bits per heavy atom. The van der Waals surface area contributed by atoms with Gasteiger partial charge in [0.25, 0.3) is 0 Å². The van der Waals surface area contributed by atoms with Gasteiger partial charge < -0.3 is 10.3 Å². The van der Waals surface area contributed by atoms with E-state index in [1.54, 1.807) is 12.4 Å². The molecule has 0 unspecified atom stereocenters. The number of nitrogens with zero attached hydrogens (tertiary/aromatic N) is 3. The van der Waals surface area contributed by atoms with Crippen LogP contribution in [0, 0.1) is 0 Å². The molecule has 0 saturated heterocycles. The molecule has 3 rings (SSSR count). The fraction of sp³-hybridized carbons (Fsp3) is 0.273. The van der Waals surface area contributed by atoms with Crippen LogP contribution in [-0.2, 0) is 0 Å². The largest absolute Gasteiger partial charge is 0.396 e. The zero-order chi connectivity index (χ0) is 10.3. The first kappa shape index (κ1) is 8.47. The third-order valence-corrected chi connectivity index (χ3v) is 2.70. The van der Waals surface area contributed by atoms with Crippen molar-refractivity contribution < 1.29 is 0 Å². The minimum Gasteiger partial charge on any atom is -0.396 e.